The summed E-state index contributed by atoms with van der Waals surface area (Å²) in [6.07, 6.45) is 5.09. The molecule has 0 N–H and O–H groups in total. The van der Waals surface area contributed by atoms with Crippen LogP contribution in [0.1, 0.15) is 50.4 Å². The van der Waals surface area contributed by atoms with Crippen molar-refractivity contribution < 1.29 is 4.79 Å². The maximum absolute atomic E-state index is 13.0. The Morgan fingerprint density at radius 2 is 2.09 bits per heavy atom. The van der Waals surface area contributed by atoms with E-state index < -0.39 is 0 Å². The van der Waals surface area contributed by atoms with Gasteiger partial charge in [-0.15, -0.1) is 5.10 Å². The van der Waals surface area contributed by atoms with E-state index in [0.29, 0.717) is 22.6 Å². The lowest BCUT2D eigenvalue weighted by molar-refractivity contribution is 0.0614. The molecular weight excluding hydrogens is 290 g/mol. The van der Waals surface area contributed by atoms with E-state index in [-0.39, 0.29) is 17.4 Å². The summed E-state index contributed by atoms with van der Waals surface area (Å²) in [4.78, 5) is 19.2. The number of hydrogen-bond acceptors (Lipinski definition) is 4. The van der Waals surface area contributed by atoms with Crippen LogP contribution in [-0.4, -0.2) is 43.9 Å². The number of fused-ring (bicyclic) bond motifs is 1. The zero-order valence-corrected chi connectivity index (χ0v) is 14.6. The van der Waals surface area contributed by atoms with Crippen LogP contribution in [0.25, 0.3) is 11.2 Å². The lowest BCUT2D eigenvalue weighted by Crippen LogP contribution is -2.43. The fourth-order valence-corrected chi connectivity index (χ4v) is 3.86. The molecule has 2 unspecified atom stereocenters. The minimum absolute atomic E-state index is 0.0130. The third-order valence-electron chi connectivity index (χ3n) is 5.13. The molecule has 6 heteroatoms. The number of carbonyl (C=O) groups excluding carboxylic acids is 1. The first-order valence-electron chi connectivity index (χ1n) is 8.22. The van der Waals surface area contributed by atoms with Crippen LogP contribution < -0.4 is 0 Å². The molecule has 1 aliphatic rings. The van der Waals surface area contributed by atoms with E-state index in [1.54, 1.807) is 24.0 Å². The van der Waals surface area contributed by atoms with Gasteiger partial charge in [-0.3, -0.25) is 4.79 Å². The summed E-state index contributed by atoms with van der Waals surface area (Å²) in [6.45, 7) is 6.80. The molecule has 2 aromatic rings. The first kappa shape index (κ1) is 15.9. The zero-order chi connectivity index (χ0) is 16.8. The second-order valence-electron chi connectivity index (χ2n) is 7.63. The van der Waals surface area contributed by atoms with E-state index >= 15 is 0 Å². The number of carbonyl (C=O) groups is 1. The molecule has 1 saturated carbocycles. The van der Waals surface area contributed by atoms with Gasteiger partial charge in [0.2, 0.25) is 0 Å². The number of nitrogens with zero attached hydrogens (tertiary/aromatic N) is 5. The van der Waals surface area contributed by atoms with Crippen molar-refractivity contribution in [3.05, 3.63) is 17.8 Å². The highest BCUT2D eigenvalue weighted by Crippen LogP contribution is 2.41. The molecule has 1 aliphatic carbocycles. The van der Waals surface area contributed by atoms with E-state index in [4.69, 9.17) is 0 Å². The molecule has 23 heavy (non-hydrogen) atoms. The molecule has 6 nitrogen and oxygen atoms in total. The first-order valence-corrected chi connectivity index (χ1v) is 8.22. The zero-order valence-electron chi connectivity index (χ0n) is 14.6. The Labute approximate surface area is 136 Å². The molecule has 0 aromatic carbocycles. The second-order valence-corrected chi connectivity index (χ2v) is 7.63. The maximum atomic E-state index is 13.0. The highest BCUT2D eigenvalue weighted by molar-refractivity contribution is 6.03. The Kier molecular flexibility index (Phi) is 3.86. The normalized spacial score (nSPS) is 21.8. The molecule has 0 radical (unpaired) electrons. The molecule has 1 amide bonds. The SMILES string of the molecule is CN(C(=O)c1ccnc2c1nnn2C)C1CCCC1C(C)(C)C. The summed E-state index contributed by atoms with van der Waals surface area (Å²) in [7, 11) is 3.70. The fourth-order valence-electron chi connectivity index (χ4n) is 3.86. The Bertz CT molecular complexity index is 730. The van der Waals surface area contributed by atoms with Gasteiger partial charge in [-0.25, -0.2) is 9.67 Å². The van der Waals surface area contributed by atoms with Gasteiger partial charge < -0.3 is 4.90 Å². The molecule has 0 bridgehead atoms. The van der Waals surface area contributed by atoms with Gasteiger partial charge in [0.1, 0.15) is 5.52 Å². The predicted octanol–water partition coefficient (Wildman–Crippen LogP) is 2.65. The molecule has 1 fully saturated rings. The third kappa shape index (κ3) is 2.71. The van der Waals surface area contributed by atoms with E-state index in [2.05, 4.69) is 36.1 Å². The standard InChI is InChI=1S/C17H25N5O/c1-17(2,3)12-7-6-8-13(12)21(4)16(23)11-9-10-18-15-14(11)19-20-22(15)5/h9-10,12-13H,6-8H2,1-5H3. The summed E-state index contributed by atoms with van der Waals surface area (Å²) < 4.78 is 1.60. The minimum Gasteiger partial charge on any atom is -0.338 e. The van der Waals surface area contributed by atoms with Gasteiger partial charge in [0.25, 0.3) is 5.91 Å². The van der Waals surface area contributed by atoms with Crippen LogP contribution in [0, 0.1) is 11.3 Å². The third-order valence-corrected chi connectivity index (χ3v) is 5.13. The van der Waals surface area contributed by atoms with Crippen LogP contribution in [0.4, 0.5) is 0 Å². The van der Waals surface area contributed by atoms with Crippen LogP contribution in [0.15, 0.2) is 12.3 Å². The van der Waals surface area contributed by atoms with Crippen molar-refractivity contribution in [2.24, 2.45) is 18.4 Å². The highest BCUT2D eigenvalue weighted by Gasteiger charge is 2.39. The predicted molar refractivity (Wildman–Crippen MR) is 89.0 cm³/mol. The lowest BCUT2D eigenvalue weighted by Gasteiger charge is -2.37. The van der Waals surface area contributed by atoms with Crippen molar-refractivity contribution in [3.63, 3.8) is 0 Å². The molecule has 2 atom stereocenters. The summed E-state index contributed by atoms with van der Waals surface area (Å²) in [5.74, 6) is 0.537. The number of rotatable bonds is 2. The van der Waals surface area contributed by atoms with Gasteiger partial charge in [-0.05, 0) is 30.2 Å². The second kappa shape index (κ2) is 5.58. The van der Waals surface area contributed by atoms with Crippen LogP contribution in [0.5, 0.6) is 0 Å². The Morgan fingerprint density at radius 3 is 2.78 bits per heavy atom. The monoisotopic (exact) mass is 315 g/mol. The van der Waals surface area contributed by atoms with Gasteiger partial charge in [0.05, 0.1) is 5.56 Å². The van der Waals surface area contributed by atoms with Crippen LogP contribution in [-0.2, 0) is 7.05 Å². The molecular formula is C17H25N5O. The van der Waals surface area contributed by atoms with E-state index in [9.17, 15) is 4.79 Å². The van der Waals surface area contributed by atoms with Crippen molar-refractivity contribution in [1.29, 1.82) is 0 Å². The molecule has 0 spiro atoms. The van der Waals surface area contributed by atoms with E-state index in [1.807, 2.05) is 11.9 Å². The summed E-state index contributed by atoms with van der Waals surface area (Å²) in [5.41, 5.74) is 2.01. The molecule has 0 aliphatic heterocycles. The van der Waals surface area contributed by atoms with Crippen molar-refractivity contribution in [2.75, 3.05) is 7.05 Å². The number of aryl methyl sites for hydroxylation is 1. The molecule has 0 saturated heterocycles. The van der Waals surface area contributed by atoms with Crippen LogP contribution in [0.3, 0.4) is 0 Å². The van der Waals surface area contributed by atoms with Crippen LogP contribution in [0.2, 0.25) is 0 Å². The van der Waals surface area contributed by atoms with Crippen molar-refractivity contribution >= 4 is 17.1 Å². The van der Waals surface area contributed by atoms with Gasteiger partial charge in [0, 0.05) is 26.3 Å². The summed E-state index contributed by atoms with van der Waals surface area (Å²) in [6, 6.07) is 2.03. The van der Waals surface area contributed by atoms with Gasteiger partial charge >= 0.3 is 0 Å². The molecule has 3 rings (SSSR count). The molecule has 2 aromatic heterocycles. The Balaban J connectivity index is 1.93. The summed E-state index contributed by atoms with van der Waals surface area (Å²) in [5, 5.41) is 8.10. The topological polar surface area (TPSA) is 63.9 Å². The molecule has 2 heterocycles. The van der Waals surface area contributed by atoms with Crippen LogP contribution >= 0.6 is 0 Å². The lowest BCUT2D eigenvalue weighted by atomic mass is 9.77. The minimum atomic E-state index is 0.0130. The van der Waals surface area contributed by atoms with Crippen molar-refractivity contribution in [3.8, 4) is 0 Å². The number of hydrogen-bond donors (Lipinski definition) is 0. The smallest absolute Gasteiger partial charge is 0.256 e. The number of amides is 1. The quantitative estimate of drug-likeness (QED) is 0.854. The Hall–Kier alpha value is -1.98. The number of aromatic nitrogens is 4. The Morgan fingerprint density at radius 1 is 1.35 bits per heavy atom. The maximum Gasteiger partial charge on any atom is 0.256 e. The largest absolute Gasteiger partial charge is 0.338 e. The summed E-state index contributed by atoms with van der Waals surface area (Å²) >= 11 is 0. The highest BCUT2D eigenvalue weighted by atomic mass is 16.2. The molecule has 124 valence electrons. The first-order chi connectivity index (χ1) is 10.8. The van der Waals surface area contributed by atoms with Gasteiger partial charge in [-0.2, -0.15) is 0 Å². The van der Waals surface area contributed by atoms with E-state index in [0.717, 1.165) is 6.42 Å². The average molecular weight is 315 g/mol. The van der Waals surface area contributed by atoms with Crippen molar-refractivity contribution in [2.45, 2.75) is 46.1 Å². The fraction of sp³-hybridized carbons (Fsp3) is 0.647. The van der Waals surface area contributed by atoms with E-state index in [1.165, 1.54) is 12.8 Å². The average Bonchev–Trinajstić information content (AvgIpc) is 3.12. The van der Waals surface area contributed by atoms with Gasteiger partial charge in [-0.1, -0.05) is 32.4 Å². The number of pyridine rings is 1. The van der Waals surface area contributed by atoms with Crippen molar-refractivity contribution in [1.82, 2.24) is 24.9 Å². The van der Waals surface area contributed by atoms with Gasteiger partial charge in [0.15, 0.2) is 5.65 Å².